The molecule has 0 radical (unpaired) electrons. The van der Waals surface area contributed by atoms with Gasteiger partial charge in [-0.15, -0.1) is 0 Å². The Morgan fingerprint density at radius 3 is 2.80 bits per heavy atom. The van der Waals surface area contributed by atoms with Crippen LogP contribution in [0.1, 0.15) is 23.2 Å². The van der Waals surface area contributed by atoms with E-state index >= 15 is 0 Å². The Morgan fingerprint density at radius 1 is 1.32 bits per heavy atom. The molecule has 0 fully saturated rings. The van der Waals surface area contributed by atoms with Gasteiger partial charge >= 0.3 is 0 Å². The fraction of sp³-hybridized carbons (Fsp3) is 0.353. The third kappa shape index (κ3) is 3.85. The second-order valence-corrected chi connectivity index (χ2v) is 6.74. The molecule has 0 atom stereocenters. The summed E-state index contributed by atoms with van der Waals surface area (Å²) >= 11 is 1.39. The van der Waals surface area contributed by atoms with Crippen LogP contribution in [-0.4, -0.2) is 33.2 Å². The maximum atomic E-state index is 13.9. The van der Waals surface area contributed by atoms with Crippen LogP contribution >= 0.6 is 11.3 Å². The van der Waals surface area contributed by atoms with Crippen LogP contribution in [0.3, 0.4) is 0 Å². The van der Waals surface area contributed by atoms with E-state index in [1.165, 1.54) is 35.1 Å². The molecule has 2 aromatic heterocycles. The Balaban J connectivity index is 1.79. The molecule has 0 N–H and O–H groups in total. The van der Waals surface area contributed by atoms with Crippen LogP contribution in [0.15, 0.2) is 29.1 Å². The van der Waals surface area contributed by atoms with Crippen molar-refractivity contribution in [3.63, 3.8) is 0 Å². The van der Waals surface area contributed by atoms with Gasteiger partial charge in [-0.05, 0) is 31.2 Å². The fourth-order valence-corrected chi connectivity index (χ4v) is 3.55. The highest BCUT2D eigenvalue weighted by Gasteiger charge is 2.13. The summed E-state index contributed by atoms with van der Waals surface area (Å²) in [5.74, 6) is -0.138. The predicted molar refractivity (Wildman–Crippen MR) is 94.6 cm³/mol. The summed E-state index contributed by atoms with van der Waals surface area (Å²) in [6.07, 6.45) is 0. The minimum atomic E-state index is -0.373. The Hall–Kier alpha value is -2.32. The molecule has 0 amide bonds. The molecule has 8 heteroatoms. The van der Waals surface area contributed by atoms with Gasteiger partial charge in [-0.2, -0.15) is 9.61 Å². The summed E-state index contributed by atoms with van der Waals surface area (Å²) in [6, 6.07) is 6.42. The van der Waals surface area contributed by atoms with Crippen molar-refractivity contribution in [2.45, 2.75) is 26.9 Å². The van der Waals surface area contributed by atoms with Gasteiger partial charge < -0.3 is 4.74 Å². The number of nitrogens with zero attached hydrogens (tertiary/aromatic N) is 4. The molecular formula is C17H19FN4O2S. The van der Waals surface area contributed by atoms with Gasteiger partial charge in [0.2, 0.25) is 4.96 Å². The summed E-state index contributed by atoms with van der Waals surface area (Å²) < 4.78 is 20.1. The number of fused-ring (bicyclic) bond motifs is 1. The first kappa shape index (κ1) is 17.5. The van der Waals surface area contributed by atoms with Crippen molar-refractivity contribution in [3.05, 3.63) is 56.7 Å². The number of hydrogen-bond donors (Lipinski definition) is 0. The van der Waals surface area contributed by atoms with E-state index in [-0.39, 0.29) is 17.1 Å². The topological polar surface area (TPSA) is 59.7 Å². The quantitative estimate of drug-likeness (QED) is 0.675. The van der Waals surface area contributed by atoms with Crippen LogP contribution in [0.25, 0.3) is 4.96 Å². The molecule has 0 aliphatic carbocycles. The molecular weight excluding hydrogens is 343 g/mol. The highest BCUT2D eigenvalue weighted by molar-refractivity contribution is 7.16. The molecule has 0 bridgehead atoms. The summed E-state index contributed by atoms with van der Waals surface area (Å²) in [4.78, 5) is 19.0. The lowest BCUT2D eigenvalue weighted by Crippen LogP contribution is -2.23. The third-order valence-corrected chi connectivity index (χ3v) is 4.74. The molecule has 0 unspecified atom stereocenters. The maximum Gasteiger partial charge on any atom is 0.275 e. The first-order chi connectivity index (χ1) is 12.0. The number of aryl methyl sites for hydroxylation is 1. The minimum absolute atomic E-state index is 0.176. The van der Waals surface area contributed by atoms with Crippen molar-refractivity contribution in [1.29, 1.82) is 0 Å². The van der Waals surface area contributed by atoms with Crippen molar-refractivity contribution in [2.75, 3.05) is 13.7 Å². The zero-order valence-electron chi connectivity index (χ0n) is 14.3. The lowest BCUT2D eigenvalue weighted by molar-refractivity contribution is 0.269. The van der Waals surface area contributed by atoms with Crippen LogP contribution in [0, 0.1) is 12.7 Å². The molecule has 3 rings (SSSR count). The number of aromatic nitrogens is 3. The Bertz CT molecular complexity index is 953. The number of rotatable bonds is 6. The summed E-state index contributed by atoms with van der Waals surface area (Å²) in [5, 5.41) is 5.15. The van der Waals surface area contributed by atoms with E-state index in [0.29, 0.717) is 23.7 Å². The third-order valence-electron chi connectivity index (χ3n) is 3.84. The first-order valence-electron chi connectivity index (χ1n) is 7.91. The van der Waals surface area contributed by atoms with Crippen LogP contribution < -0.4 is 10.3 Å². The van der Waals surface area contributed by atoms with E-state index < -0.39 is 0 Å². The zero-order chi connectivity index (χ0) is 18.0. The zero-order valence-corrected chi connectivity index (χ0v) is 15.1. The normalized spacial score (nSPS) is 11.4. The lowest BCUT2D eigenvalue weighted by atomic mass is 10.2. The molecule has 2 heterocycles. The van der Waals surface area contributed by atoms with Crippen molar-refractivity contribution in [2.24, 2.45) is 0 Å². The number of ether oxygens (including phenoxy) is 1. The average molecular weight is 362 g/mol. The van der Waals surface area contributed by atoms with E-state index in [1.807, 2.05) is 13.0 Å². The van der Waals surface area contributed by atoms with Gasteiger partial charge in [-0.1, -0.05) is 24.3 Å². The van der Waals surface area contributed by atoms with Gasteiger partial charge in [0.05, 0.1) is 13.7 Å². The highest BCUT2D eigenvalue weighted by Crippen LogP contribution is 2.20. The summed E-state index contributed by atoms with van der Waals surface area (Å²) in [5.41, 5.74) is 1.36. The second-order valence-electron chi connectivity index (χ2n) is 5.70. The van der Waals surface area contributed by atoms with Gasteiger partial charge in [-0.3, -0.25) is 9.69 Å². The maximum absolute atomic E-state index is 13.9. The Labute approximate surface area is 148 Å². The molecule has 0 saturated heterocycles. The van der Waals surface area contributed by atoms with E-state index in [0.717, 1.165) is 17.1 Å². The second kappa shape index (κ2) is 7.28. The molecule has 0 saturated carbocycles. The van der Waals surface area contributed by atoms with Crippen LogP contribution in [0.4, 0.5) is 4.39 Å². The van der Waals surface area contributed by atoms with Gasteiger partial charge in [0, 0.05) is 18.3 Å². The summed E-state index contributed by atoms with van der Waals surface area (Å²) in [6.45, 7) is 5.73. The van der Waals surface area contributed by atoms with Crippen molar-refractivity contribution in [1.82, 2.24) is 19.5 Å². The molecule has 0 aliphatic heterocycles. The van der Waals surface area contributed by atoms with Crippen molar-refractivity contribution in [3.8, 4) is 5.75 Å². The highest BCUT2D eigenvalue weighted by atomic mass is 32.1. The monoisotopic (exact) mass is 362 g/mol. The standard InChI is InChI=1S/C17H19FN4O2S/c1-4-21(9-12-5-6-14(24-3)13(18)8-12)10-15-20-22-16(23)7-11(2)19-17(22)25-15/h5-8H,4,9-10H2,1-3H3. The number of benzene rings is 1. The fourth-order valence-electron chi connectivity index (χ4n) is 2.56. The van der Waals surface area contributed by atoms with E-state index in [1.54, 1.807) is 13.0 Å². The van der Waals surface area contributed by atoms with Crippen molar-refractivity contribution < 1.29 is 9.13 Å². The van der Waals surface area contributed by atoms with Gasteiger partial charge in [0.15, 0.2) is 11.6 Å². The number of methoxy groups -OCH3 is 1. The molecule has 0 spiro atoms. The predicted octanol–water partition coefficient (Wildman–Crippen LogP) is 2.63. The minimum Gasteiger partial charge on any atom is -0.494 e. The van der Waals surface area contributed by atoms with Gasteiger partial charge in [-0.25, -0.2) is 9.37 Å². The first-order valence-corrected chi connectivity index (χ1v) is 8.73. The lowest BCUT2D eigenvalue weighted by Gasteiger charge is -2.19. The van der Waals surface area contributed by atoms with Crippen molar-refractivity contribution >= 4 is 16.3 Å². The number of halogens is 1. The van der Waals surface area contributed by atoms with Crippen LogP contribution in [0.2, 0.25) is 0 Å². The van der Waals surface area contributed by atoms with Gasteiger partial charge in [0.25, 0.3) is 5.56 Å². The number of hydrogen-bond acceptors (Lipinski definition) is 6. The molecule has 0 aliphatic rings. The van der Waals surface area contributed by atoms with Crippen LogP contribution in [-0.2, 0) is 13.1 Å². The molecule has 3 aromatic rings. The Morgan fingerprint density at radius 2 is 2.12 bits per heavy atom. The van der Waals surface area contributed by atoms with Crippen LogP contribution in [0.5, 0.6) is 5.75 Å². The molecule has 132 valence electrons. The largest absolute Gasteiger partial charge is 0.494 e. The molecule has 6 nitrogen and oxygen atoms in total. The molecule has 1 aromatic carbocycles. The molecule has 25 heavy (non-hydrogen) atoms. The average Bonchev–Trinajstić information content (AvgIpc) is 2.97. The SMILES string of the molecule is CCN(Cc1ccc(OC)c(F)c1)Cc1nn2c(=O)cc(C)nc2s1. The van der Waals surface area contributed by atoms with E-state index in [9.17, 15) is 9.18 Å². The smallest absolute Gasteiger partial charge is 0.275 e. The van der Waals surface area contributed by atoms with Gasteiger partial charge in [0.1, 0.15) is 5.01 Å². The van der Waals surface area contributed by atoms with E-state index in [4.69, 9.17) is 4.74 Å². The summed E-state index contributed by atoms with van der Waals surface area (Å²) in [7, 11) is 1.45. The Kier molecular flexibility index (Phi) is 5.10. The van der Waals surface area contributed by atoms with E-state index in [2.05, 4.69) is 15.0 Å².